The highest BCUT2D eigenvalue weighted by molar-refractivity contribution is 5.94. The van der Waals surface area contributed by atoms with Crippen LogP contribution in [0.15, 0.2) is 18.2 Å². The SMILES string of the molecule is COc1cc(F)ccc1NC(=O)[C@@H]1C[C@H]2CC[C@H]1C2. The Bertz CT molecular complexity index is 503. The predicted molar refractivity (Wildman–Crippen MR) is 70.5 cm³/mol. The summed E-state index contributed by atoms with van der Waals surface area (Å²) in [5, 5.41) is 2.88. The van der Waals surface area contributed by atoms with Crippen molar-refractivity contribution in [2.45, 2.75) is 25.7 Å². The van der Waals surface area contributed by atoms with Crippen molar-refractivity contribution in [3.05, 3.63) is 24.0 Å². The number of methoxy groups -OCH3 is 1. The summed E-state index contributed by atoms with van der Waals surface area (Å²) in [6.45, 7) is 0. The maximum atomic E-state index is 13.1. The van der Waals surface area contributed by atoms with Crippen molar-refractivity contribution in [1.82, 2.24) is 0 Å². The van der Waals surface area contributed by atoms with Gasteiger partial charge in [0.1, 0.15) is 11.6 Å². The van der Waals surface area contributed by atoms with Crippen molar-refractivity contribution >= 4 is 11.6 Å². The number of carbonyl (C=O) groups is 1. The second kappa shape index (κ2) is 4.83. The largest absolute Gasteiger partial charge is 0.494 e. The molecule has 102 valence electrons. The van der Waals surface area contributed by atoms with Crippen molar-refractivity contribution in [3.8, 4) is 5.75 Å². The van der Waals surface area contributed by atoms with Crippen molar-refractivity contribution in [1.29, 1.82) is 0 Å². The molecule has 2 saturated carbocycles. The summed E-state index contributed by atoms with van der Waals surface area (Å²) in [5.74, 6) is 1.45. The first kappa shape index (κ1) is 12.5. The Morgan fingerprint density at radius 2 is 2.21 bits per heavy atom. The zero-order valence-electron chi connectivity index (χ0n) is 11.0. The van der Waals surface area contributed by atoms with Gasteiger partial charge in [0.15, 0.2) is 0 Å². The lowest BCUT2D eigenvalue weighted by Gasteiger charge is -2.21. The number of amides is 1. The molecular weight excluding hydrogens is 245 g/mol. The van der Waals surface area contributed by atoms with E-state index in [9.17, 15) is 9.18 Å². The van der Waals surface area contributed by atoms with E-state index in [4.69, 9.17) is 4.74 Å². The third-order valence-corrected chi connectivity index (χ3v) is 4.50. The van der Waals surface area contributed by atoms with Gasteiger partial charge in [-0.3, -0.25) is 4.79 Å². The fourth-order valence-corrected chi connectivity index (χ4v) is 3.56. The molecule has 0 aliphatic heterocycles. The summed E-state index contributed by atoms with van der Waals surface area (Å²) in [6.07, 6.45) is 4.64. The molecule has 0 unspecified atom stereocenters. The summed E-state index contributed by atoms with van der Waals surface area (Å²) in [4.78, 5) is 12.3. The molecule has 19 heavy (non-hydrogen) atoms. The molecule has 2 aliphatic carbocycles. The van der Waals surface area contributed by atoms with Crippen LogP contribution in [0.1, 0.15) is 25.7 Å². The molecule has 0 saturated heterocycles. The molecule has 1 N–H and O–H groups in total. The molecule has 0 spiro atoms. The summed E-state index contributed by atoms with van der Waals surface area (Å²) in [5.41, 5.74) is 0.552. The molecule has 1 aromatic rings. The van der Waals surface area contributed by atoms with E-state index in [0.29, 0.717) is 17.4 Å². The predicted octanol–water partition coefficient (Wildman–Crippen LogP) is 3.21. The van der Waals surface area contributed by atoms with Gasteiger partial charge in [-0.2, -0.15) is 0 Å². The van der Waals surface area contributed by atoms with Gasteiger partial charge in [-0.1, -0.05) is 6.42 Å². The number of anilines is 1. The lowest BCUT2D eigenvalue weighted by atomic mass is 9.88. The lowest BCUT2D eigenvalue weighted by Crippen LogP contribution is -2.27. The maximum absolute atomic E-state index is 13.1. The van der Waals surface area contributed by atoms with Gasteiger partial charge in [-0.05, 0) is 43.2 Å². The van der Waals surface area contributed by atoms with Crippen LogP contribution in [-0.4, -0.2) is 13.0 Å². The molecule has 0 aromatic heterocycles. The standard InChI is InChI=1S/C15H18FNO2/c1-19-14-8-11(16)4-5-13(14)17-15(18)12-7-9-2-3-10(12)6-9/h4-5,8-10,12H,2-3,6-7H2,1H3,(H,17,18)/t9-,10-,12+/m0/s1. The van der Waals surface area contributed by atoms with Crippen LogP contribution in [0.2, 0.25) is 0 Å². The molecule has 2 fully saturated rings. The van der Waals surface area contributed by atoms with Crippen LogP contribution in [-0.2, 0) is 4.79 Å². The van der Waals surface area contributed by atoms with Gasteiger partial charge in [0.2, 0.25) is 5.91 Å². The van der Waals surface area contributed by atoms with E-state index >= 15 is 0 Å². The zero-order valence-corrected chi connectivity index (χ0v) is 11.0. The van der Waals surface area contributed by atoms with Crippen LogP contribution >= 0.6 is 0 Å². The highest BCUT2D eigenvalue weighted by Gasteiger charge is 2.43. The Hall–Kier alpha value is -1.58. The third-order valence-electron chi connectivity index (χ3n) is 4.50. The molecule has 1 aromatic carbocycles. The monoisotopic (exact) mass is 263 g/mol. The lowest BCUT2D eigenvalue weighted by molar-refractivity contribution is -0.121. The number of rotatable bonds is 3. The van der Waals surface area contributed by atoms with E-state index in [1.54, 1.807) is 6.07 Å². The van der Waals surface area contributed by atoms with Crippen LogP contribution in [0.25, 0.3) is 0 Å². The van der Waals surface area contributed by atoms with Gasteiger partial charge in [0.05, 0.1) is 12.8 Å². The number of fused-ring (bicyclic) bond motifs is 2. The highest BCUT2D eigenvalue weighted by atomic mass is 19.1. The summed E-state index contributed by atoms with van der Waals surface area (Å²) < 4.78 is 18.2. The Morgan fingerprint density at radius 3 is 2.84 bits per heavy atom. The number of hydrogen-bond donors (Lipinski definition) is 1. The van der Waals surface area contributed by atoms with E-state index in [1.807, 2.05) is 0 Å². The van der Waals surface area contributed by atoms with Crippen molar-refractivity contribution in [2.75, 3.05) is 12.4 Å². The molecular formula is C15H18FNO2. The molecule has 0 radical (unpaired) electrons. The molecule has 3 atom stereocenters. The number of benzene rings is 1. The normalized spacial score (nSPS) is 28.4. The van der Waals surface area contributed by atoms with E-state index in [0.717, 1.165) is 12.3 Å². The number of halogens is 1. The van der Waals surface area contributed by atoms with Crippen LogP contribution in [0.3, 0.4) is 0 Å². The second-order valence-corrected chi connectivity index (χ2v) is 5.62. The van der Waals surface area contributed by atoms with Crippen molar-refractivity contribution in [3.63, 3.8) is 0 Å². The van der Waals surface area contributed by atoms with E-state index < -0.39 is 0 Å². The molecule has 2 aliphatic rings. The first-order valence-corrected chi connectivity index (χ1v) is 6.82. The summed E-state index contributed by atoms with van der Waals surface area (Å²) in [7, 11) is 1.47. The van der Waals surface area contributed by atoms with Crippen LogP contribution in [0, 0.1) is 23.6 Å². The van der Waals surface area contributed by atoms with Crippen LogP contribution in [0.5, 0.6) is 5.75 Å². The van der Waals surface area contributed by atoms with E-state index in [2.05, 4.69) is 5.32 Å². The van der Waals surface area contributed by atoms with Crippen molar-refractivity contribution < 1.29 is 13.9 Å². The molecule has 3 nitrogen and oxygen atoms in total. The number of hydrogen-bond acceptors (Lipinski definition) is 2. The van der Waals surface area contributed by atoms with Crippen LogP contribution < -0.4 is 10.1 Å². The molecule has 1 amide bonds. The first-order chi connectivity index (χ1) is 9.17. The first-order valence-electron chi connectivity index (χ1n) is 6.82. The second-order valence-electron chi connectivity index (χ2n) is 5.62. The average molecular weight is 263 g/mol. The number of nitrogens with one attached hydrogen (secondary N) is 1. The van der Waals surface area contributed by atoms with Gasteiger partial charge in [-0.25, -0.2) is 4.39 Å². The molecule has 3 rings (SSSR count). The Kier molecular flexibility index (Phi) is 3.17. The molecule has 2 bridgehead atoms. The average Bonchev–Trinajstić information content (AvgIpc) is 3.03. The Labute approximate surface area is 112 Å². The minimum atomic E-state index is -0.366. The number of ether oxygens (including phenoxy) is 1. The third kappa shape index (κ3) is 2.31. The smallest absolute Gasteiger partial charge is 0.227 e. The molecule has 0 heterocycles. The van der Waals surface area contributed by atoms with Gasteiger partial charge >= 0.3 is 0 Å². The van der Waals surface area contributed by atoms with Gasteiger partial charge in [0, 0.05) is 12.0 Å². The molecule has 4 heteroatoms. The summed E-state index contributed by atoms with van der Waals surface area (Å²) >= 11 is 0. The fourth-order valence-electron chi connectivity index (χ4n) is 3.56. The minimum absolute atomic E-state index is 0.0529. The Morgan fingerprint density at radius 1 is 1.37 bits per heavy atom. The maximum Gasteiger partial charge on any atom is 0.227 e. The van der Waals surface area contributed by atoms with Gasteiger partial charge in [0.25, 0.3) is 0 Å². The Balaban J connectivity index is 1.73. The van der Waals surface area contributed by atoms with Crippen molar-refractivity contribution in [2.24, 2.45) is 17.8 Å². The fraction of sp³-hybridized carbons (Fsp3) is 0.533. The summed E-state index contributed by atoms with van der Waals surface area (Å²) in [6, 6.07) is 4.18. The van der Waals surface area contributed by atoms with Crippen LogP contribution in [0.4, 0.5) is 10.1 Å². The topological polar surface area (TPSA) is 38.3 Å². The van der Waals surface area contributed by atoms with Gasteiger partial charge < -0.3 is 10.1 Å². The highest BCUT2D eigenvalue weighted by Crippen LogP contribution is 2.48. The minimum Gasteiger partial charge on any atom is -0.494 e. The number of carbonyl (C=O) groups excluding carboxylic acids is 1. The van der Waals surface area contributed by atoms with Gasteiger partial charge in [-0.15, -0.1) is 0 Å². The van der Waals surface area contributed by atoms with E-state index in [-0.39, 0.29) is 17.6 Å². The zero-order chi connectivity index (χ0) is 13.4. The van der Waals surface area contributed by atoms with E-state index in [1.165, 1.54) is 38.5 Å². The quantitative estimate of drug-likeness (QED) is 0.909.